The van der Waals surface area contributed by atoms with Gasteiger partial charge in [-0.15, -0.1) is 0 Å². The van der Waals surface area contributed by atoms with E-state index in [0.717, 1.165) is 0 Å². The fourth-order valence-electron chi connectivity index (χ4n) is 3.19. The lowest BCUT2D eigenvalue weighted by molar-refractivity contribution is -0.177. The lowest BCUT2D eigenvalue weighted by atomic mass is 9.66. The molecular weight excluding hydrogens is 248 g/mol. The first-order valence-electron chi connectivity index (χ1n) is 7.62. The van der Waals surface area contributed by atoms with Crippen LogP contribution in [-0.2, 0) is 4.79 Å². The molecule has 1 rings (SSSR count). The number of carbonyl (C=O) groups is 1. The minimum atomic E-state index is -0.377. The van der Waals surface area contributed by atoms with E-state index >= 15 is 0 Å². The fourth-order valence-corrected chi connectivity index (χ4v) is 3.19. The third-order valence-corrected chi connectivity index (χ3v) is 5.65. The van der Waals surface area contributed by atoms with Gasteiger partial charge in [0.25, 0.3) is 0 Å². The van der Waals surface area contributed by atoms with Gasteiger partial charge in [-0.1, -0.05) is 20.8 Å². The lowest BCUT2D eigenvalue weighted by Crippen LogP contribution is -2.84. The van der Waals surface area contributed by atoms with E-state index in [1.165, 1.54) is 0 Å². The first-order valence-corrected chi connectivity index (χ1v) is 7.62. The Bertz CT molecular complexity index is 385. The zero-order valence-electron chi connectivity index (χ0n) is 15.4. The third-order valence-electron chi connectivity index (χ3n) is 5.65. The molecule has 0 aromatic rings. The summed E-state index contributed by atoms with van der Waals surface area (Å²) in [4.78, 5) is 15.2. The number of amides is 1. The second-order valence-corrected chi connectivity index (χ2v) is 9.38. The summed E-state index contributed by atoms with van der Waals surface area (Å²) in [6.07, 6.45) is 0. The highest BCUT2D eigenvalue weighted by atomic mass is 16.2. The monoisotopic (exact) mass is 282 g/mol. The van der Waals surface area contributed by atoms with Gasteiger partial charge in [0.15, 0.2) is 0 Å². The molecule has 0 bridgehead atoms. The molecule has 3 nitrogen and oxygen atoms in total. The molecule has 118 valence electrons. The molecule has 0 unspecified atom stereocenters. The van der Waals surface area contributed by atoms with Crippen LogP contribution in [0.4, 0.5) is 0 Å². The van der Waals surface area contributed by atoms with Crippen LogP contribution in [0.2, 0.25) is 0 Å². The first-order chi connectivity index (χ1) is 8.48. The minimum Gasteiger partial charge on any atom is -0.328 e. The van der Waals surface area contributed by atoms with Crippen molar-refractivity contribution in [2.24, 2.45) is 5.41 Å². The van der Waals surface area contributed by atoms with Crippen LogP contribution in [0, 0.1) is 5.41 Å². The van der Waals surface area contributed by atoms with Gasteiger partial charge in [0.2, 0.25) is 5.91 Å². The first kappa shape index (κ1) is 17.5. The van der Waals surface area contributed by atoms with Crippen molar-refractivity contribution in [3.05, 3.63) is 0 Å². The maximum atomic E-state index is 13.1. The van der Waals surface area contributed by atoms with Gasteiger partial charge in [-0.3, -0.25) is 4.79 Å². The van der Waals surface area contributed by atoms with Crippen LogP contribution in [0.25, 0.3) is 0 Å². The molecule has 1 aliphatic rings. The van der Waals surface area contributed by atoms with E-state index in [0.29, 0.717) is 0 Å². The molecule has 1 amide bonds. The Morgan fingerprint density at radius 2 is 1.10 bits per heavy atom. The van der Waals surface area contributed by atoms with E-state index in [-0.39, 0.29) is 33.5 Å². The number of rotatable bonds is 0. The SMILES string of the molecule is CC(C)(C)C(=O)N1C(C)(C)C(C)(C)NC(C)(C)C1(C)C. The average Bonchev–Trinajstić information content (AvgIpc) is 2.11. The number of nitrogens with one attached hydrogen (secondary N) is 1. The maximum Gasteiger partial charge on any atom is 0.228 e. The second kappa shape index (κ2) is 4.22. The molecule has 0 spiro atoms. The zero-order valence-corrected chi connectivity index (χ0v) is 15.4. The molecule has 0 atom stereocenters. The number of nitrogens with zero attached hydrogens (tertiary/aromatic N) is 1. The second-order valence-electron chi connectivity index (χ2n) is 9.38. The average molecular weight is 282 g/mol. The van der Waals surface area contributed by atoms with E-state index in [1.807, 2.05) is 20.8 Å². The Hall–Kier alpha value is -0.570. The molecule has 1 fully saturated rings. The number of carbonyl (C=O) groups excluding carboxylic acids is 1. The van der Waals surface area contributed by atoms with Crippen molar-refractivity contribution in [3.63, 3.8) is 0 Å². The van der Waals surface area contributed by atoms with Crippen molar-refractivity contribution in [2.45, 2.75) is 98.3 Å². The number of hydrogen-bond acceptors (Lipinski definition) is 2. The summed E-state index contributed by atoms with van der Waals surface area (Å²) in [6, 6.07) is 0. The summed E-state index contributed by atoms with van der Waals surface area (Å²) in [5, 5.41) is 3.75. The standard InChI is InChI=1S/C17H34N2O/c1-13(2,3)12(20)19-16(8,9)14(4,5)18-15(6,7)17(19,10)11/h18H,1-11H3. The van der Waals surface area contributed by atoms with Crippen LogP contribution in [0.3, 0.4) is 0 Å². The molecule has 0 radical (unpaired) electrons. The molecule has 0 saturated carbocycles. The Balaban J connectivity index is 3.52. The molecule has 1 heterocycles. The van der Waals surface area contributed by atoms with E-state index in [4.69, 9.17) is 0 Å². The number of hydrogen-bond donors (Lipinski definition) is 1. The fraction of sp³-hybridized carbons (Fsp3) is 0.941. The van der Waals surface area contributed by atoms with Crippen LogP contribution >= 0.6 is 0 Å². The van der Waals surface area contributed by atoms with Gasteiger partial charge in [0, 0.05) is 16.5 Å². The number of piperazine rings is 1. The van der Waals surface area contributed by atoms with E-state index in [9.17, 15) is 4.79 Å². The molecule has 3 heteroatoms. The predicted molar refractivity (Wildman–Crippen MR) is 85.8 cm³/mol. The lowest BCUT2D eigenvalue weighted by Gasteiger charge is -2.68. The van der Waals surface area contributed by atoms with Crippen LogP contribution < -0.4 is 5.32 Å². The van der Waals surface area contributed by atoms with Crippen molar-refractivity contribution in [3.8, 4) is 0 Å². The zero-order chi connectivity index (χ0) is 16.4. The van der Waals surface area contributed by atoms with Gasteiger partial charge in [-0.05, 0) is 55.4 Å². The van der Waals surface area contributed by atoms with Crippen molar-refractivity contribution in [1.29, 1.82) is 0 Å². The van der Waals surface area contributed by atoms with Gasteiger partial charge in [0.05, 0.1) is 11.1 Å². The highest BCUT2D eigenvalue weighted by molar-refractivity contribution is 5.83. The Kier molecular flexibility index (Phi) is 3.69. The normalized spacial score (nSPS) is 27.2. The van der Waals surface area contributed by atoms with Gasteiger partial charge in [-0.25, -0.2) is 0 Å². The van der Waals surface area contributed by atoms with Crippen molar-refractivity contribution < 1.29 is 4.79 Å². The van der Waals surface area contributed by atoms with Crippen LogP contribution in [0.1, 0.15) is 76.2 Å². The third kappa shape index (κ3) is 2.28. The molecule has 0 aromatic heterocycles. The molecule has 1 aliphatic heterocycles. The summed E-state index contributed by atoms with van der Waals surface area (Å²) in [6.45, 7) is 23.4. The topological polar surface area (TPSA) is 32.3 Å². The minimum absolute atomic E-state index is 0.160. The molecule has 0 aromatic carbocycles. The summed E-state index contributed by atoms with van der Waals surface area (Å²) in [7, 11) is 0. The van der Waals surface area contributed by atoms with E-state index < -0.39 is 0 Å². The largest absolute Gasteiger partial charge is 0.328 e. The van der Waals surface area contributed by atoms with E-state index in [2.05, 4.69) is 65.6 Å². The van der Waals surface area contributed by atoms with Crippen molar-refractivity contribution in [2.75, 3.05) is 0 Å². The van der Waals surface area contributed by atoms with Gasteiger partial charge in [0.1, 0.15) is 0 Å². The van der Waals surface area contributed by atoms with Crippen molar-refractivity contribution >= 4 is 5.91 Å². The van der Waals surface area contributed by atoms with Crippen LogP contribution in [0.5, 0.6) is 0 Å². The van der Waals surface area contributed by atoms with Crippen molar-refractivity contribution in [1.82, 2.24) is 10.2 Å². The highest BCUT2D eigenvalue weighted by Gasteiger charge is 2.61. The molecular formula is C17H34N2O. The van der Waals surface area contributed by atoms with Gasteiger partial charge < -0.3 is 10.2 Å². The quantitative estimate of drug-likeness (QED) is 0.736. The Morgan fingerprint density at radius 1 is 0.800 bits per heavy atom. The smallest absolute Gasteiger partial charge is 0.228 e. The van der Waals surface area contributed by atoms with Gasteiger partial charge >= 0.3 is 0 Å². The Labute approximate surface area is 125 Å². The Morgan fingerprint density at radius 3 is 1.35 bits per heavy atom. The molecule has 1 N–H and O–H groups in total. The van der Waals surface area contributed by atoms with Crippen LogP contribution in [-0.4, -0.2) is 33.0 Å². The molecule has 20 heavy (non-hydrogen) atoms. The highest BCUT2D eigenvalue weighted by Crippen LogP contribution is 2.46. The maximum absolute atomic E-state index is 13.1. The van der Waals surface area contributed by atoms with Gasteiger partial charge in [-0.2, -0.15) is 0 Å². The van der Waals surface area contributed by atoms with Crippen LogP contribution in [0.15, 0.2) is 0 Å². The van der Waals surface area contributed by atoms with E-state index in [1.54, 1.807) is 0 Å². The summed E-state index contributed by atoms with van der Waals surface area (Å²) < 4.78 is 0. The summed E-state index contributed by atoms with van der Waals surface area (Å²) >= 11 is 0. The summed E-state index contributed by atoms with van der Waals surface area (Å²) in [5.41, 5.74) is -1.23. The molecule has 0 aliphatic carbocycles. The molecule has 1 saturated heterocycles. The summed E-state index contributed by atoms with van der Waals surface area (Å²) in [5.74, 6) is 0.218. The predicted octanol–water partition coefficient (Wildman–Crippen LogP) is 3.58.